The Balaban J connectivity index is 1.70. The molecule has 0 aliphatic carbocycles. The molecule has 0 aromatic heterocycles. The fourth-order valence-electron chi connectivity index (χ4n) is 3.91. The summed E-state index contributed by atoms with van der Waals surface area (Å²) in [6.07, 6.45) is 1.12. The summed E-state index contributed by atoms with van der Waals surface area (Å²) in [6, 6.07) is 12.4. The van der Waals surface area contributed by atoms with Gasteiger partial charge in [0.05, 0.1) is 30.4 Å². The summed E-state index contributed by atoms with van der Waals surface area (Å²) in [5, 5.41) is -0.826. The molecule has 0 saturated carbocycles. The number of piperidine rings is 1. The van der Waals surface area contributed by atoms with E-state index >= 15 is 0 Å². The molecule has 3 rings (SSSR count). The Hall–Kier alpha value is -2.62. The van der Waals surface area contributed by atoms with Crippen LogP contribution in [-0.4, -0.2) is 63.6 Å². The summed E-state index contributed by atoms with van der Waals surface area (Å²) >= 11 is 0. The Kier molecular flexibility index (Phi) is 8.34. The SMILES string of the molecule is COCCC(=O)N1CCCC(S(=O)(=O)NCC(=O)c2cc(-c3ccccc3)cc(C)c2F)C1. The first-order chi connectivity index (χ1) is 15.7. The third kappa shape index (κ3) is 6.25. The molecule has 33 heavy (non-hydrogen) atoms. The monoisotopic (exact) mass is 476 g/mol. The zero-order chi connectivity index (χ0) is 24.0. The lowest BCUT2D eigenvalue weighted by Gasteiger charge is -2.32. The number of hydrogen-bond donors (Lipinski definition) is 1. The van der Waals surface area contributed by atoms with Gasteiger partial charge in [0.15, 0.2) is 5.78 Å². The molecule has 1 amide bonds. The highest BCUT2D eigenvalue weighted by atomic mass is 32.2. The summed E-state index contributed by atoms with van der Waals surface area (Å²) < 4.78 is 47.6. The maximum absolute atomic E-state index is 14.7. The average Bonchev–Trinajstić information content (AvgIpc) is 2.83. The number of ketones is 1. The van der Waals surface area contributed by atoms with Crippen molar-refractivity contribution in [1.82, 2.24) is 9.62 Å². The van der Waals surface area contributed by atoms with Crippen LogP contribution in [0.25, 0.3) is 11.1 Å². The zero-order valence-electron chi connectivity index (χ0n) is 18.8. The molecule has 1 N–H and O–H groups in total. The highest BCUT2D eigenvalue weighted by Crippen LogP contribution is 2.25. The molecular weight excluding hydrogens is 447 g/mol. The minimum atomic E-state index is -3.88. The number of methoxy groups -OCH3 is 1. The van der Waals surface area contributed by atoms with Crippen molar-refractivity contribution in [2.24, 2.45) is 0 Å². The van der Waals surface area contributed by atoms with Gasteiger partial charge in [-0.05, 0) is 48.6 Å². The number of rotatable bonds is 9. The Morgan fingerprint density at radius 3 is 2.61 bits per heavy atom. The lowest BCUT2D eigenvalue weighted by Crippen LogP contribution is -2.49. The molecule has 2 aromatic rings. The van der Waals surface area contributed by atoms with Gasteiger partial charge < -0.3 is 9.64 Å². The fraction of sp³-hybridized carbons (Fsp3) is 0.417. The molecule has 1 saturated heterocycles. The second-order valence-electron chi connectivity index (χ2n) is 8.16. The number of halogens is 1. The number of nitrogens with zero attached hydrogens (tertiary/aromatic N) is 1. The number of benzene rings is 2. The van der Waals surface area contributed by atoms with E-state index in [1.807, 2.05) is 30.3 Å². The van der Waals surface area contributed by atoms with Crippen LogP contribution in [-0.2, 0) is 19.6 Å². The second-order valence-corrected chi connectivity index (χ2v) is 10.2. The summed E-state index contributed by atoms with van der Waals surface area (Å²) in [5.74, 6) is -1.48. The maximum Gasteiger partial charge on any atom is 0.224 e. The number of carbonyl (C=O) groups is 2. The molecule has 0 radical (unpaired) electrons. The van der Waals surface area contributed by atoms with Crippen molar-refractivity contribution < 1.29 is 27.1 Å². The highest BCUT2D eigenvalue weighted by molar-refractivity contribution is 7.90. The number of sulfonamides is 1. The maximum atomic E-state index is 14.7. The van der Waals surface area contributed by atoms with Crippen LogP contribution in [0.5, 0.6) is 0 Å². The molecule has 0 bridgehead atoms. The number of amides is 1. The fourth-order valence-corrected chi connectivity index (χ4v) is 5.34. The Morgan fingerprint density at radius 2 is 1.91 bits per heavy atom. The van der Waals surface area contributed by atoms with E-state index in [0.717, 1.165) is 5.56 Å². The van der Waals surface area contributed by atoms with E-state index in [-0.39, 0.29) is 31.0 Å². The third-order valence-corrected chi connectivity index (χ3v) is 7.59. The van der Waals surface area contributed by atoms with Gasteiger partial charge >= 0.3 is 0 Å². The van der Waals surface area contributed by atoms with E-state index in [4.69, 9.17) is 4.74 Å². The van der Waals surface area contributed by atoms with E-state index in [1.54, 1.807) is 13.0 Å². The number of nitrogens with one attached hydrogen (secondary N) is 1. The van der Waals surface area contributed by atoms with Crippen molar-refractivity contribution in [3.63, 3.8) is 0 Å². The minimum absolute atomic E-state index is 0.0586. The topological polar surface area (TPSA) is 92.8 Å². The molecule has 0 spiro atoms. The molecule has 7 nitrogen and oxygen atoms in total. The summed E-state index contributed by atoms with van der Waals surface area (Å²) in [4.78, 5) is 26.5. The summed E-state index contributed by atoms with van der Waals surface area (Å²) in [6.45, 7) is 1.84. The minimum Gasteiger partial charge on any atom is -0.384 e. The molecule has 1 unspecified atom stereocenters. The molecule has 9 heteroatoms. The average molecular weight is 477 g/mol. The Bertz CT molecular complexity index is 1110. The van der Waals surface area contributed by atoms with Gasteiger partial charge in [0, 0.05) is 20.2 Å². The van der Waals surface area contributed by atoms with Crippen LogP contribution in [0, 0.1) is 12.7 Å². The Morgan fingerprint density at radius 1 is 1.18 bits per heavy atom. The van der Waals surface area contributed by atoms with Crippen LogP contribution in [0.4, 0.5) is 4.39 Å². The van der Waals surface area contributed by atoms with Crippen LogP contribution in [0.15, 0.2) is 42.5 Å². The van der Waals surface area contributed by atoms with Gasteiger partial charge in [0.25, 0.3) is 0 Å². The zero-order valence-corrected chi connectivity index (χ0v) is 19.7. The van der Waals surface area contributed by atoms with Crippen molar-refractivity contribution in [1.29, 1.82) is 0 Å². The largest absolute Gasteiger partial charge is 0.384 e. The predicted molar refractivity (Wildman–Crippen MR) is 124 cm³/mol. The van der Waals surface area contributed by atoms with E-state index in [2.05, 4.69) is 4.72 Å². The van der Waals surface area contributed by atoms with Crippen LogP contribution in [0.3, 0.4) is 0 Å². The van der Waals surface area contributed by atoms with Crippen LogP contribution >= 0.6 is 0 Å². The molecular formula is C24H29FN2O5S. The number of carbonyl (C=O) groups excluding carboxylic acids is 2. The lowest BCUT2D eigenvalue weighted by molar-refractivity contribution is -0.132. The Labute approximate surface area is 194 Å². The summed E-state index contributed by atoms with van der Waals surface area (Å²) in [5.41, 5.74) is 1.66. The van der Waals surface area contributed by atoms with Crippen molar-refractivity contribution in [2.45, 2.75) is 31.4 Å². The first-order valence-electron chi connectivity index (χ1n) is 10.9. The van der Waals surface area contributed by atoms with E-state index in [0.29, 0.717) is 30.5 Å². The number of hydrogen-bond acceptors (Lipinski definition) is 5. The van der Waals surface area contributed by atoms with Crippen LogP contribution in [0.1, 0.15) is 35.2 Å². The highest BCUT2D eigenvalue weighted by Gasteiger charge is 2.33. The number of aryl methyl sites for hydroxylation is 1. The predicted octanol–water partition coefficient (Wildman–Crippen LogP) is 2.93. The van der Waals surface area contributed by atoms with E-state index in [1.165, 1.54) is 18.1 Å². The van der Waals surface area contributed by atoms with Gasteiger partial charge in [0.1, 0.15) is 5.82 Å². The molecule has 1 heterocycles. The first kappa shape index (κ1) is 25.0. The molecule has 2 aromatic carbocycles. The van der Waals surface area contributed by atoms with Gasteiger partial charge in [-0.15, -0.1) is 0 Å². The van der Waals surface area contributed by atoms with Crippen molar-refractivity contribution in [3.05, 3.63) is 59.4 Å². The van der Waals surface area contributed by atoms with Gasteiger partial charge in [-0.3, -0.25) is 9.59 Å². The second kappa shape index (κ2) is 11.0. The van der Waals surface area contributed by atoms with Crippen LogP contribution < -0.4 is 4.72 Å². The quantitative estimate of drug-likeness (QED) is 0.562. The standard InChI is InChI=1S/C24H29FN2O5S/c1-17-13-19(18-7-4-3-5-8-18)14-21(24(17)25)22(28)15-26-33(30,31)20-9-6-11-27(16-20)23(29)10-12-32-2/h3-5,7-8,13-14,20,26H,6,9-12,15-16H2,1-2H3. The number of likely N-dealkylation sites (tertiary alicyclic amines) is 1. The van der Waals surface area contributed by atoms with Gasteiger partial charge in [-0.1, -0.05) is 30.3 Å². The van der Waals surface area contributed by atoms with Crippen molar-refractivity contribution in [3.8, 4) is 11.1 Å². The van der Waals surface area contributed by atoms with Gasteiger partial charge in [0.2, 0.25) is 15.9 Å². The molecule has 1 aliphatic rings. The van der Waals surface area contributed by atoms with Crippen molar-refractivity contribution >= 4 is 21.7 Å². The van der Waals surface area contributed by atoms with Crippen LogP contribution in [0.2, 0.25) is 0 Å². The van der Waals surface area contributed by atoms with Gasteiger partial charge in [-0.2, -0.15) is 0 Å². The van der Waals surface area contributed by atoms with E-state index in [9.17, 15) is 22.4 Å². The smallest absolute Gasteiger partial charge is 0.224 e. The molecule has 1 atom stereocenters. The molecule has 1 fully saturated rings. The van der Waals surface area contributed by atoms with Crippen molar-refractivity contribution in [2.75, 3.05) is 33.4 Å². The lowest BCUT2D eigenvalue weighted by atomic mass is 9.98. The third-order valence-electron chi connectivity index (χ3n) is 5.79. The normalized spacial score (nSPS) is 16.6. The molecule has 178 valence electrons. The summed E-state index contributed by atoms with van der Waals surface area (Å²) in [7, 11) is -2.38. The first-order valence-corrected chi connectivity index (χ1v) is 12.4. The van der Waals surface area contributed by atoms with Gasteiger partial charge in [-0.25, -0.2) is 17.5 Å². The molecule has 1 aliphatic heterocycles. The number of Topliss-reactive ketones (excluding diaryl/α,β-unsaturated/α-hetero) is 1. The number of ether oxygens (including phenoxy) is 1. The van der Waals surface area contributed by atoms with E-state index < -0.39 is 33.4 Å².